The largest absolute Gasteiger partial charge is 0.396 e. The molecule has 17 heavy (non-hydrogen) atoms. The second-order valence-electron chi connectivity index (χ2n) is 5.40. The highest BCUT2D eigenvalue weighted by atomic mass is 15.2. The van der Waals surface area contributed by atoms with Gasteiger partial charge in [-0.1, -0.05) is 20.8 Å². The van der Waals surface area contributed by atoms with E-state index in [4.69, 9.17) is 11.0 Å². The predicted molar refractivity (Wildman–Crippen MR) is 70.7 cm³/mol. The van der Waals surface area contributed by atoms with E-state index >= 15 is 0 Å². The van der Waals surface area contributed by atoms with Crippen molar-refractivity contribution >= 4 is 11.5 Å². The molecule has 2 N–H and O–H groups in total. The van der Waals surface area contributed by atoms with Crippen molar-refractivity contribution in [2.75, 3.05) is 17.7 Å². The van der Waals surface area contributed by atoms with Crippen LogP contribution in [-0.4, -0.2) is 18.1 Å². The predicted octanol–water partition coefficient (Wildman–Crippen LogP) is 2.41. The molecule has 0 aromatic carbocycles. The average molecular weight is 232 g/mol. The van der Waals surface area contributed by atoms with E-state index in [9.17, 15) is 0 Å². The minimum Gasteiger partial charge on any atom is -0.396 e. The Morgan fingerprint density at radius 3 is 2.47 bits per heavy atom. The normalized spacial score (nSPS) is 12.9. The summed E-state index contributed by atoms with van der Waals surface area (Å²) in [4.78, 5) is 6.31. The molecule has 4 nitrogen and oxygen atoms in total. The van der Waals surface area contributed by atoms with Crippen LogP contribution in [-0.2, 0) is 0 Å². The molecule has 0 radical (unpaired) electrons. The van der Waals surface area contributed by atoms with Crippen LogP contribution in [0.4, 0.5) is 11.5 Å². The SMILES string of the molecule is CC(N(C)c1ncc(C#N)cc1N)C(C)(C)C. The van der Waals surface area contributed by atoms with E-state index in [-0.39, 0.29) is 5.41 Å². The topological polar surface area (TPSA) is 65.9 Å². The Labute approximate surface area is 103 Å². The minimum absolute atomic E-state index is 0.136. The van der Waals surface area contributed by atoms with Crippen LogP contribution in [0.2, 0.25) is 0 Å². The van der Waals surface area contributed by atoms with Gasteiger partial charge in [-0.3, -0.25) is 0 Å². The van der Waals surface area contributed by atoms with E-state index in [0.717, 1.165) is 5.82 Å². The number of pyridine rings is 1. The van der Waals surface area contributed by atoms with E-state index in [0.29, 0.717) is 17.3 Å². The molecule has 1 rings (SSSR count). The molecule has 0 saturated heterocycles. The van der Waals surface area contributed by atoms with E-state index in [1.54, 1.807) is 12.3 Å². The number of nitrogen functional groups attached to an aromatic ring is 1. The second kappa shape index (κ2) is 4.62. The van der Waals surface area contributed by atoms with Crippen LogP contribution in [0.15, 0.2) is 12.3 Å². The maximum atomic E-state index is 8.77. The van der Waals surface area contributed by atoms with Gasteiger partial charge in [0.1, 0.15) is 6.07 Å². The maximum Gasteiger partial charge on any atom is 0.151 e. The van der Waals surface area contributed by atoms with Gasteiger partial charge in [-0.15, -0.1) is 0 Å². The Hall–Kier alpha value is -1.76. The lowest BCUT2D eigenvalue weighted by Crippen LogP contribution is -2.40. The number of hydrogen-bond donors (Lipinski definition) is 1. The Morgan fingerprint density at radius 1 is 1.47 bits per heavy atom. The van der Waals surface area contributed by atoms with Crippen molar-refractivity contribution in [1.82, 2.24) is 4.98 Å². The number of nitrogens with zero attached hydrogens (tertiary/aromatic N) is 3. The summed E-state index contributed by atoms with van der Waals surface area (Å²) in [5, 5.41) is 8.77. The summed E-state index contributed by atoms with van der Waals surface area (Å²) in [7, 11) is 1.97. The van der Waals surface area contributed by atoms with Crippen LogP contribution in [0.5, 0.6) is 0 Å². The number of anilines is 2. The number of nitriles is 1. The molecular weight excluding hydrogens is 212 g/mol. The molecule has 92 valence electrons. The van der Waals surface area contributed by atoms with Gasteiger partial charge < -0.3 is 10.6 Å². The summed E-state index contributed by atoms with van der Waals surface area (Å²) in [5.41, 5.74) is 7.09. The molecule has 4 heteroatoms. The van der Waals surface area contributed by atoms with Gasteiger partial charge in [0.05, 0.1) is 11.3 Å². The Morgan fingerprint density at radius 2 is 2.06 bits per heavy atom. The fraction of sp³-hybridized carbons (Fsp3) is 0.538. The molecule has 0 spiro atoms. The molecule has 0 amide bonds. The number of aromatic nitrogens is 1. The first kappa shape index (κ1) is 13.3. The average Bonchev–Trinajstić information content (AvgIpc) is 2.25. The van der Waals surface area contributed by atoms with Crippen LogP contribution in [0, 0.1) is 16.7 Å². The molecule has 0 saturated carbocycles. The smallest absolute Gasteiger partial charge is 0.151 e. The lowest BCUT2D eigenvalue weighted by atomic mass is 9.87. The monoisotopic (exact) mass is 232 g/mol. The Balaban J connectivity index is 3.06. The van der Waals surface area contributed by atoms with Gasteiger partial charge in [0, 0.05) is 19.3 Å². The minimum atomic E-state index is 0.136. The van der Waals surface area contributed by atoms with Crippen molar-refractivity contribution in [2.24, 2.45) is 5.41 Å². The number of hydrogen-bond acceptors (Lipinski definition) is 4. The lowest BCUT2D eigenvalue weighted by Gasteiger charge is -2.36. The van der Waals surface area contributed by atoms with Crippen molar-refractivity contribution in [2.45, 2.75) is 33.7 Å². The quantitative estimate of drug-likeness (QED) is 0.850. The van der Waals surface area contributed by atoms with Crippen LogP contribution in [0.3, 0.4) is 0 Å². The summed E-state index contributed by atoms with van der Waals surface area (Å²) in [6.07, 6.45) is 1.55. The molecule has 0 aliphatic rings. The molecule has 0 aliphatic carbocycles. The third-order valence-corrected chi connectivity index (χ3v) is 3.19. The van der Waals surface area contributed by atoms with Crippen LogP contribution in [0.25, 0.3) is 0 Å². The zero-order chi connectivity index (χ0) is 13.2. The fourth-order valence-corrected chi connectivity index (χ4v) is 1.59. The summed E-state index contributed by atoms with van der Waals surface area (Å²) < 4.78 is 0. The van der Waals surface area contributed by atoms with Gasteiger partial charge in [-0.05, 0) is 18.4 Å². The molecule has 0 bridgehead atoms. The Bertz CT molecular complexity index is 440. The van der Waals surface area contributed by atoms with Gasteiger partial charge >= 0.3 is 0 Å². The zero-order valence-corrected chi connectivity index (χ0v) is 11.2. The molecular formula is C13H20N4. The highest BCUT2D eigenvalue weighted by Gasteiger charge is 2.25. The number of rotatable bonds is 2. The molecule has 0 fully saturated rings. The molecule has 1 aromatic heterocycles. The van der Waals surface area contributed by atoms with E-state index in [1.165, 1.54) is 0 Å². The van der Waals surface area contributed by atoms with Gasteiger partial charge in [0.25, 0.3) is 0 Å². The van der Waals surface area contributed by atoms with Crippen molar-refractivity contribution < 1.29 is 0 Å². The van der Waals surface area contributed by atoms with Gasteiger partial charge in [-0.25, -0.2) is 4.98 Å². The standard InChI is InChI=1S/C13H20N4/c1-9(13(2,3)4)17(5)12-11(15)6-10(7-14)8-16-12/h6,8-9H,15H2,1-5H3. The van der Waals surface area contributed by atoms with Crippen LogP contribution < -0.4 is 10.6 Å². The zero-order valence-electron chi connectivity index (χ0n) is 11.2. The second-order valence-corrected chi connectivity index (χ2v) is 5.40. The molecule has 1 aromatic rings. The van der Waals surface area contributed by atoms with Gasteiger partial charge in [0.15, 0.2) is 5.82 Å². The summed E-state index contributed by atoms with van der Waals surface area (Å²) in [5.74, 6) is 0.728. The van der Waals surface area contributed by atoms with Crippen molar-refractivity contribution in [3.8, 4) is 6.07 Å². The van der Waals surface area contributed by atoms with Gasteiger partial charge in [0.2, 0.25) is 0 Å². The number of nitrogens with two attached hydrogens (primary N) is 1. The highest BCUT2D eigenvalue weighted by Crippen LogP contribution is 2.29. The Kier molecular flexibility index (Phi) is 3.62. The summed E-state index contributed by atoms with van der Waals surface area (Å²) >= 11 is 0. The third-order valence-electron chi connectivity index (χ3n) is 3.19. The third kappa shape index (κ3) is 2.88. The van der Waals surface area contributed by atoms with Crippen LogP contribution >= 0.6 is 0 Å². The van der Waals surface area contributed by atoms with E-state index < -0.39 is 0 Å². The molecule has 1 atom stereocenters. The van der Waals surface area contributed by atoms with Crippen molar-refractivity contribution in [3.63, 3.8) is 0 Å². The first-order valence-electron chi connectivity index (χ1n) is 5.66. The molecule has 1 heterocycles. The summed E-state index contributed by atoms with van der Waals surface area (Å²) in [6, 6.07) is 3.99. The van der Waals surface area contributed by atoms with Crippen molar-refractivity contribution in [3.05, 3.63) is 17.8 Å². The van der Waals surface area contributed by atoms with Crippen molar-refractivity contribution in [1.29, 1.82) is 5.26 Å². The lowest BCUT2D eigenvalue weighted by molar-refractivity contribution is 0.329. The first-order chi connectivity index (χ1) is 7.77. The van der Waals surface area contributed by atoms with Gasteiger partial charge in [-0.2, -0.15) is 5.26 Å². The molecule has 0 aliphatic heterocycles. The van der Waals surface area contributed by atoms with E-state index in [2.05, 4.69) is 37.6 Å². The molecule has 1 unspecified atom stereocenters. The fourth-order valence-electron chi connectivity index (χ4n) is 1.59. The summed E-state index contributed by atoms with van der Waals surface area (Å²) in [6.45, 7) is 8.66. The van der Waals surface area contributed by atoms with E-state index in [1.807, 2.05) is 13.1 Å². The highest BCUT2D eigenvalue weighted by molar-refractivity contribution is 5.64. The van der Waals surface area contributed by atoms with Crippen LogP contribution in [0.1, 0.15) is 33.3 Å². The maximum absolute atomic E-state index is 8.77. The first-order valence-corrected chi connectivity index (χ1v) is 5.66.